The molecule has 0 spiro atoms. The summed E-state index contributed by atoms with van der Waals surface area (Å²) >= 11 is 5.18. The van der Waals surface area contributed by atoms with Crippen molar-refractivity contribution in [2.45, 2.75) is 25.7 Å². The van der Waals surface area contributed by atoms with E-state index in [1.165, 1.54) is 25.4 Å². The van der Waals surface area contributed by atoms with Crippen LogP contribution in [0, 0.1) is 18.6 Å². The summed E-state index contributed by atoms with van der Waals surface area (Å²) in [5, 5.41) is 21.1. The van der Waals surface area contributed by atoms with Crippen LogP contribution >= 0.6 is 11.6 Å². The van der Waals surface area contributed by atoms with Gasteiger partial charge < -0.3 is 15.4 Å². The quantitative estimate of drug-likeness (QED) is 0.274. The van der Waals surface area contributed by atoms with Gasteiger partial charge in [-0.05, 0) is 73.3 Å². The van der Waals surface area contributed by atoms with Gasteiger partial charge in [-0.25, -0.2) is 13.8 Å². The molecular formula is C21H21BClF2N3O3. The van der Waals surface area contributed by atoms with E-state index in [-0.39, 0.29) is 21.9 Å². The highest BCUT2D eigenvalue weighted by Gasteiger charge is 2.25. The molecule has 0 heterocycles. The second-order valence-electron chi connectivity index (χ2n) is 6.81. The van der Waals surface area contributed by atoms with Gasteiger partial charge in [0, 0.05) is 5.69 Å². The van der Waals surface area contributed by atoms with E-state index in [2.05, 4.69) is 28.6 Å². The van der Waals surface area contributed by atoms with E-state index in [1.807, 2.05) is 0 Å². The van der Waals surface area contributed by atoms with Crippen molar-refractivity contribution in [1.29, 1.82) is 0 Å². The summed E-state index contributed by atoms with van der Waals surface area (Å²) in [7, 11) is -1.87. The highest BCUT2D eigenvalue weighted by Crippen LogP contribution is 2.40. The molecule has 2 aromatic carbocycles. The summed E-state index contributed by atoms with van der Waals surface area (Å²) in [6, 6.07) is 6.51. The van der Waals surface area contributed by atoms with Crippen molar-refractivity contribution in [3.05, 3.63) is 70.4 Å². The van der Waals surface area contributed by atoms with Gasteiger partial charge in [0.15, 0.2) is 0 Å². The maximum absolute atomic E-state index is 14.2. The van der Waals surface area contributed by atoms with Crippen LogP contribution in [0.2, 0.25) is 0 Å². The summed E-state index contributed by atoms with van der Waals surface area (Å²) < 4.78 is 27.8. The van der Waals surface area contributed by atoms with Crippen molar-refractivity contribution >= 4 is 48.8 Å². The fraction of sp³-hybridized carbons (Fsp3) is 0.190. The Labute approximate surface area is 184 Å². The average molecular weight is 448 g/mol. The second kappa shape index (κ2) is 10.9. The lowest BCUT2D eigenvalue weighted by atomic mass is 9.77. The SMILES string of the molecule is C=N/C=N\C(=C)Cl.Cc1c(NC(=O)c2ccc(C3CC3)cc2F)cc(F)cc1B(O)O. The van der Waals surface area contributed by atoms with Crippen LogP contribution in [-0.2, 0) is 0 Å². The maximum atomic E-state index is 14.2. The molecule has 0 bridgehead atoms. The zero-order valence-electron chi connectivity index (χ0n) is 16.8. The molecule has 6 nitrogen and oxygen atoms in total. The zero-order chi connectivity index (χ0) is 23.1. The van der Waals surface area contributed by atoms with Gasteiger partial charge in [0.05, 0.1) is 5.56 Å². The Morgan fingerprint density at radius 1 is 1.29 bits per heavy atom. The molecule has 1 amide bonds. The first-order valence-corrected chi connectivity index (χ1v) is 9.61. The van der Waals surface area contributed by atoms with E-state index >= 15 is 0 Å². The molecule has 0 atom stereocenters. The molecule has 0 saturated heterocycles. The first kappa shape index (κ1) is 24.4. The molecule has 1 aliphatic carbocycles. The molecule has 1 aliphatic rings. The number of hydrogen-bond donors (Lipinski definition) is 3. The van der Waals surface area contributed by atoms with Crippen molar-refractivity contribution in [2.24, 2.45) is 9.98 Å². The van der Waals surface area contributed by atoms with Crippen LogP contribution in [-0.4, -0.2) is 36.1 Å². The van der Waals surface area contributed by atoms with E-state index in [0.717, 1.165) is 30.5 Å². The standard InChI is InChI=1S/C17H16BF2NO3.C4H5ClN2/c1-9-14(18(23)24)7-12(19)8-16(9)21-17(22)13-5-4-11(6-15(13)20)10-2-3-10;1-4(5)7-3-6-2/h4-8,10,23-24H,2-3H2,1H3,(H,21,22);3H,1-2H2/b;7-3-. The van der Waals surface area contributed by atoms with Gasteiger partial charge in [-0.1, -0.05) is 24.2 Å². The molecule has 3 rings (SSSR count). The fourth-order valence-electron chi connectivity index (χ4n) is 2.78. The van der Waals surface area contributed by atoms with Crippen LogP contribution in [0.1, 0.15) is 40.2 Å². The number of amides is 1. The van der Waals surface area contributed by atoms with Crippen LogP contribution in [0.5, 0.6) is 0 Å². The second-order valence-corrected chi connectivity index (χ2v) is 7.25. The van der Waals surface area contributed by atoms with Gasteiger partial charge in [0.1, 0.15) is 23.1 Å². The van der Waals surface area contributed by atoms with Crippen LogP contribution in [0.15, 0.2) is 52.1 Å². The molecule has 3 N–H and O–H groups in total. The molecule has 0 unspecified atom stereocenters. The lowest BCUT2D eigenvalue weighted by Gasteiger charge is -2.13. The predicted molar refractivity (Wildman–Crippen MR) is 120 cm³/mol. The van der Waals surface area contributed by atoms with Gasteiger partial charge in [-0.2, -0.15) is 0 Å². The zero-order valence-corrected chi connectivity index (χ0v) is 17.5. The molecule has 1 saturated carbocycles. The lowest BCUT2D eigenvalue weighted by Crippen LogP contribution is -2.33. The van der Waals surface area contributed by atoms with Gasteiger partial charge in [0.25, 0.3) is 5.91 Å². The van der Waals surface area contributed by atoms with Crippen molar-refractivity contribution in [2.75, 3.05) is 5.32 Å². The third-order valence-electron chi connectivity index (χ3n) is 4.50. The number of hydrogen-bond acceptors (Lipinski definition) is 4. The molecule has 31 heavy (non-hydrogen) atoms. The molecule has 2 aromatic rings. The first-order valence-electron chi connectivity index (χ1n) is 9.23. The molecule has 1 fully saturated rings. The lowest BCUT2D eigenvalue weighted by molar-refractivity contribution is 0.102. The third-order valence-corrected chi connectivity index (χ3v) is 4.60. The fourth-order valence-corrected chi connectivity index (χ4v) is 2.82. The summed E-state index contributed by atoms with van der Waals surface area (Å²) in [5.41, 5.74) is 1.03. The minimum Gasteiger partial charge on any atom is -0.423 e. The number of nitrogens with zero attached hydrogens (tertiary/aromatic N) is 2. The van der Waals surface area contributed by atoms with E-state index in [9.17, 15) is 23.6 Å². The Kier molecular flexibility index (Phi) is 8.61. The Hall–Kier alpha value is -2.88. The molecule has 10 heteroatoms. The summed E-state index contributed by atoms with van der Waals surface area (Å²) in [4.78, 5) is 19.0. The van der Waals surface area contributed by atoms with Crippen LogP contribution < -0.4 is 10.8 Å². The summed E-state index contributed by atoms with van der Waals surface area (Å²) in [6.07, 6.45) is 3.29. The third kappa shape index (κ3) is 7.10. The minimum atomic E-state index is -1.87. The topological polar surface area (TPSA) is 94.3 Å². The minimum absolute atomic E-state index is 0.0603. The Bertz CT molecular complexity index is 1030. The van der Waals surface area contributed by atoms with Crippen LogP contribution in [0.25, 0.3) is 0 Å². The van der Waals surface area contributed by atoms with Crippen molar-refractivity contribution in [1.82, 2.24) is 0 Å². The van der Waals surface area contributed by atoms with E-state index in [0.29, 0.717) is 11.5 Å². The maximum Gasteiger partial charge on any atom is 0.488 e. The number of aliphatic imine (C=N–C) groups is 2. The number of nitrogens with one attached hydrogen (secondary N) is 1. The van der Waals surface area contributed by atoms with Gasteiger partial charge in [-0.15, -0.1) is 0 Å². The molecule has 162 valence electrons. The average Bonchev–Trinajstić information content (AvgIpc) is 3.54. The first-order chi connectivity index (χ1) is 14.6. The Morgan fingerprint density at radius 2 is 1.97 bits per heavy atom. The number of rotatable bonds is 6. The highest BCUT2D eigenvalue weighted by molar-refractivity contribution is 6.59. The van der Waals surface area contributed by atoms with Gasteiger partial charge in [-0.3, -0.25) is 9.79 Å². The summed E-state index contributed by atoms with van der Waals surface area (Å²) in [5.74, 6) is -1.71. The highest BCUT2D eigenvalue weighted by atomic mass is 35.5. The van der Waals surface area contributed by atoms with Gasteiger partial charge >= 0.3 is 7.12 Å². The smallest absolute Gasteiger partial charge is 0.423 e. The molecular weight excluding hydrogens is 427 g/mol. The van der Waals surface area contributed by atoms with Crippen LogP contribution in [0.4, 0.5) is 14.5 Å². The van der Waals surface area contributed by atoms with Crippen molar-refractivity contribution < 1.29 is 23.6 Å². The normalized spacial score (nSPS) is 12.7. The number of carbonyl (C=O) groups excluding carboxylic acids is 1. The van der Waals surface area contributed by atoms with E-state index in [1.54, 1.807) is 6.07 Å². The molecule has 0 radical (unpaired) electrons. The number of benzene rings is 2. The monoisotopic (exact) mass is 447 g/mol. The number of anilines is 1. The molecule has 0 aromatic heterocycles. The largest absolute Gasteiger partial charge is 0.488 e. The predicted octanol–water partition coefficient (Wildman–Crippen LogP) is 3.51. The van der Waals surface area contributed by atoms with Crippen molar-refractivity contribution in [3.8, 4) is 0 Å². The number of carbonyl (C=O) groups is 1. The van der Waals surface area contributed by atoms with E-state index < -0.39 is 24.7 Å². The van der Waals surface area contributed by atoms with Crippen molar-refractivity contribution in [3.63, 3.8) is 0 Å². The molecule has 0 aliphatic heterocycles. The van der Waals surface area contributed by atoms with E-state index in [4.69, 9.17) is 11.6 Å². The Balaban J connectivity index is 0.000000423. The summed E-state index contributed by atoms with van der Waals surface area (Å²) in [6.45, 7) is 7.92. The number of halogens is 3. The Morgan fingerprint density at radius 3 is 2.45 bits per heavy atom. The van der Waals surface area contributed by atoms with Gasteiger partial charge in [0.2, 0.25) is 0 Å². The van der Waals surface area contributed by atoms with Crippen LogP contribution in [0.3, 0.4) is 0 Å².